The lowest BCUT2D eigenvalue weighted by Gasteiger charge is -2.16. The molecule has 0 aliphatic heterocycles. The van der Waals surface area contributed by atoms with Gasteiger partial charge in [0.05, 0.1) is 6.42 Å². The van der Waals surface area contributed by atoms with Crippen molar-refractivity contribution in [2.24, 2.45) is 5.92 Å². The molecule has 0 saturated carbocycles. The van der Waals surface area contributed by atoms with Crippen molar-refractivity contribution in [2.75, 3.05) is 0 Å². The number of aliphatic carboxylic acids is 1. The smallest absolute Gasteiger partial charge is 0.480 e. The van der Waals surface area contributed by atoms with Gasteiger partial charge in [-0.3, -0.25) is 4.79 Å². The van der Waals surface area contributed by atoms with Crippen LogP contribution in [0.4, 0.5) is 13.2 Å². The lowest BCUT2D eigenvalue weighted by molar-refractivity contribution is -0.274. The number of rotatable bonds is 7. The van der Waals surface area contributed by atoms with E-state index in [1.54, 1.807) is 0 Å². The quantitative estimate of drug-likeness (QED) is 0.804. The molecule has 128 valence electrons. The highest BCUT2D eigenvalue weighted by molar-refractivity contribution is 5.84. The molecule has 5 nitrogen and oxygen atoms in total. The van der Waals surface area contributed by atoms with Crippen LogP contribution in [0.3, 0.4) is 0 Å². The van der Waals surface area contributed by atoms with Crippen molar-refractivity contribution in [3.05, 3.63) is 29.8 Å². The summed E-state index contributed by atoms with van der Waals surface area (Å²) in [7, 11) is 0. The monoisotopic (exact) mass is 333 g/mol. The predicted molar refractivity (Wildman–Crippen MR) is 75.9 cm³/mol. The minimum Gasteiger partial charge on any atom is -0.480 e. The highest BCUT2D eigenvalue weighted by atomic mass is 19.4. The van der Waals surface area contributed by atoms with Gasteiger partial charge in [-0.15, -0.1) is 13.2 Å². The molecule has 0 bridgehead atoms. The third kappa shape index (κ3) is 7.53. The second-order valence-corrected chi connectivity index (χ2v) is 5.46. The first-order valence-corrected chi connectivity index (χ1v) is 6.93. The van der Waals surface area contributed by atoms with Crippen LogP contribution < -0.4 is 10.1 Å². The zero-order valence-corrected chi connectivity index (χ0v) is 12.7. The first-order valence-electron chi connectivity index (χ1n) is 6.93. The summed E-state index contributed by atoms with van der Waals surface area (Å²) < 4.78 is 40.2. The zero-order valence-electron chi connectivity index (χ0n) is 12.7. The van der Waals surface area contributed by atoms with Gasteiger partial charge in [-0.05, 0) is 30.0 Å². The number of carbonyl (C=O) groups is 2. The van der Waals surface area contributed by atoms with Gasteiger partial charge in [-0.25, -0.2) is 4.79 Å². The van der Waals surface area contributed by atoms with E-state index in [1.807, 2.05) is 13.8 Å². The Bertz CT molecular complexity index is 558. The molecular formula is C15H18F3NO4. The van der Waals surface area contributed by atoms with E-state index in [4.69, 9.17) is 5.11 Å². The van der Waals surface area contributed by atoms with Gasteiger partial charge in [0, 0.05) is 0 Å². The number of alkyl halides is 3. The van der Waals surface area contributed by atoms with Crippen LogP contribution in [-0.4, -0.2) is 29.4 Å². The van der Waals surface area contributed by atoms with Crippen molar-refractivity contribution in [3.63, 3.8) is 0 Å². The number of hydrogen-bond donors (Lipinski definition) is 2. The van der Waals surface area contributed by atoms with Crippen molar-refractivity contribution in [3.8, 4) is 5.75 Å². The number of carboxylic acids is 1. The molecule has 0 aliphatic rings. The molecule has 23 heavy (non-hydrogen) atoms. The van der Waals surface area contributed by atoms with E-state index in [1.165, 1.54) is 12.1 Å². The molecule has 2 N–H and O–H groups in total. The summed E-state index contributed by atoms with van der Waals surface area (Å²) in [5.41, 5.74) is 0.290. The number of halogens is 3. The van der Waals surface area contributed by atoms with E-state index in [2.05, 4.69) is 10.1 Å². The molecule has 1 rings (SSSR count). The third-order valence-electron chi connectivity index (χ3n) is 2.84. The van der Waals surface area contributed by atoms with Crippen LogP contribution in [0.15, 0.2) is 24.3 Å². The number of amides is 1. The van der Waals surface area contributed by atoms with Crippen molar-refractivity contribution in [2.45, 2.75) is 39.1 Å². The van der Waals surface area contributed by atoms with Gasteiger partial charge in [0.15, 0.2) is 0 Å². The van der Waals surface area contributed by atoms with Crippen LogP contribution in [-0.2, 0) is 16.0 Å². The maximum absolute atomic E-state index is 12.2. The fourth-order valence-corrected chi connectivity index (χ4v) is 1.98. The van der Waals surface area contributed by atoms with Crippen LogP contribution in [0.1, 0.15) is 25.8 Å². The fraction of sp³-hybridized carbons (Fsp3) is 0.467. The Labute approximate surface area is 131 Å². The number of hydrogen-bond acceptors (Lipinski definition) is 3. The SMILES string of the molecule is CC(C)C[C@@H](NC(=O)Cc1cccc(OC(F)(F)F)c1)C(=O)O. The number of ether oxygens (including phenoxy) is 1. The first kappa shape index (κ1) is 18.8. The van der Waals surface area contributed by atoms with E-state index >= 15 is 0 Å². The summed E-state index contributed by atoms with van der Waals surface area (Å²) in [5.74, 6) is -2.09. The maximum atomic E-state index is 12.2. The highest BCUT2D eigenvalue weighted by Crippen LogP contribution is 2.23. The normalized spacial score (nSPS) is 12.8. The molecule has 1 aromatic rings. The molecule has 8 heteroatoms. The average molecular weight is 333 g/mol. The Balaban J connectivity index is 2.69. The first-order chi connectivity index (χ1) is 10.6. The molecule has 1 amide bonds. The summed E-state index contributed by atoms with van der Waals surface area (Å²) in [6.45, 7) is 3.64. The molecule has 0 unspecified atom stereocenters. The molecule has 0 spiro atoms. The van der Waals surface area contributed by atoms with Crippen LogP contribution >= 0.6 is 0 Å². The van der Waals surface area contributed by atoms with E-state index in [0.717, 1.165) is 12.1 Å². The van der Waals surface area contributed by atoms with E-state index in [-0.39, 0.29) is 24.3 Å². The van der Waals surface area contributed by atoms with E-state index in [9.17, 15) is 22.8 Å². The average Bonchev–Trinajstić information content (AvgIpc) is 2.35. The van der Waals surface area contributed by atoms with Crippen molar-refractivity contribution in [1.29, 1.82) is 0 Å². The van der Waals surface area contributed by atoms with E-state index < -0.39 is 30.0 Å². The standard InChI is InChI=1S/C15H18F3NO4/c1-9(2)6-12(14(21)22)19-13(20)8-10-4-3-5-11(7-10)23-15(16,17)18/h3-5,7,9,12H,6,8H2,1-2H3,(H,19,20)(H,21,22)/t12-/m1/s1. The Morgan fingerprint density at radius 3 is 2.48 bits per heavy atom. The molecule has 0 aromatic heterocycles. The van der Waals surface area contributed by atoms with Crippen molar-refractivity contribution < 1.29 is 32.6 Å². The number of carbonyl (C=O) groups excluding carboxylic acids is 1. The molecule has 0 radical (unpaired) electrons. The summed E-state index contributed by atoms with van der Waals surface area (Å²) in [4.78, 5) is 22.9. The minimum atomic E-state index is -4.81. The van der Waals surface area contributed by atoms with Crippen LogP contribution in [0.25, 0.3) is 0 Å². The van der Waals surface area contributed by atoms with Gasteiger partial charge in [0.25, 0.3) is 0 Å². The lowest BCUT2D eigenvalue weighted by atomic mass is 10.0. The second-order valence-electron chi connectivity index (χ2n) is 5.46. The minimum absolute atomic E-state index is 0.0694. The topological polar surface area (TPSA) is 75.6 Å². The third-order valence-corrected chi connectivity index (χ3v) is 2.84. The van der Waals surface area contributed by atoms with Gasteiger partial charge in [0.1, 0.15) is 11.8 Å². The predicted octanol–water partition coefficient (Wildman–Crippen LogP) is 2.74. The summed E-state index contributed by atoms with van der Waals surface area (Å²) in [5, 5.41) is 11.4. The molecule has 0 aliphatic carbocycles. The van der Waals surface area contributed by atoms with Crippen molar-refractivity contribution in [1.82, 2.24) is 5.32 Å². The zero-order chi connectivity index (χ0) is 17.6. The van der Waals surface area contributed by atoms with Crippen LogP contribution in [0, 0.1) is 5.92 Å². The number of carboxylic acid groups (broad SMARTS) is 1. The number of benzene rings is 1. The molecule has 1 aromatic carbocycles. The van der Waals surface area contributed by atoms with Crippen LogP contribution in [0.5, 0.6) is 5.75 Å². The Morgan fingerprint density at radius 2 is 1.96 bits per heavy atom. The molecule has 0 saturated heterocycles. The number of nitrogens with one attached hydrogen (secondary N) is 1. The summed E-state index contributed by atoms with van der Waals surface area (Å²) in [6.07, 6.45) is -4.79. The van der Waals surface area contributed by atoms with Gasteiger partial charge in [-0.1, -0.05) is 26.0 Å². The fourth-order valence-electron chi connectivity index (χ4n) is 1.98. The molecular weight excluding hydrogens is 315 g/mol. The Hall–Kier alpha value is -2.25. The van der Waals surface area contributed by atoms with E-state index in [0.29, 0.717) is 0 Å². The Morgan fingerprint density at radius 1 is 1.30 bits per heavy atom. The summed E-state index contributed by atoms with van der Waals surface area (Å²) >= 11 is 0. The van der Waals surface area contributed by atoms with Gasteiger partial charge in [-0.2, -0.15) is 0 Å². The lowest BCUT2D eigenvalue weighted by Crippen LogP contribution is -2.42. The second kappa shape index (κ2) is 7.85. The maximum Gasteiger partial charge on any atom is 0.573 e. The van der Waals surface area contributed by atoms with Crippen LogP contribution in [0.2, 0.25) is 0 Å². The molecule has 0 heterocycles. The molecule has 0 fully saturated rings. The molecule has 1 atom stereocenters. The summed E-state index contributed by atoms with van der Waals surface area (Å²) in [6, 6.07) is 3.96. The Kier molecular flexibility index (Phi) is 6.41. The van der Waals surface area contributed by atoms with Crippen molar-refractivity contribution >= 4 is 11.9 Å². The largest absolute Gasteiger partial charge is 0.573 e. The highest BCUT2D eigenvalue weighted by Gasteiger charge is 2.31. The van der Waals surface area contributed by atoms with Gasteiger partial charge < -0.3 is 15.2 Å². The van der Waals surface area contributed by atoms with Gasteiger partial charge in [0.2, 0.25) is 5.91 Å². The van der Waals surface area contributed by atoms with Gasteiger partial charge >= 0.3 is 12.3 Å².